The van der Waals surface area contributed by atoms with Crippen molar-refractivity contribution in [2.45, 2.75) is 6.17 Å². The summed E-state index contributed by atoms with van der Waals surface area (Å²) in [7, 11) is 0. The summed E-state index contributed by atoms with van der Waals surface area (Å²) in [4.78, 5) is 10.1. The SMILES string of the molecule is Clc1ccc2c(c1)oc1cccc(C3=NC(c4ccc(-c5ccccc5)cc4)=NC(c4ccccc4)N3)c12. The van der Waals surface area contributed by atoms with E-state index in [1.165, 1.54) is 5.56 Å². The number of fused-ring (bicyclic) bond motifs is 3. The molecule has 182 valence electrons. The number of benzene rings is 5. The fourth-order valence-corrected chi connectivity index (χ4v) is 5.12. The Kier molecular flexibility index (Phi) is 5.53. The molecule has 0 saturated heterocycles. The molecule has 0 amide bonds. The number of nitrogens with zero attached hydrogens (tertiary/aromatic N) is 2. The second-order valence-electron chi connectivity index (χ2n) is 9.24. The van der Waals surface area contributed by atoms with Gasteiger partial charge in [0, 0.05) is 33.0 Å². The van der Waals surface area contributed by atoms with Gasteiger partial charge in [-0.25, -0.2) is 9.98 Å². The number of hydrogen-bond acceptors (Lipinski definition) is 4. The van der Waals surface area contributed by atoms with Gasteiger partial charge in [0.05, 0.1) is 0 Å². The van der Waals surface area contributed by atoms with Gasteiger partial charge in [0.25, 0.3) is 0 Å². The zero-order valence-electron chi connectivity index (χ0n) is 20.3. The van der Waals surface area contributed by atoms with E-state index in [-0.39, 0.29) is 6.17 Å². The molecule has 0 spiro atoms. The molecule has 0 radical (unpaired) electrons. The van der Waals surface area contributed by atoms with Crippen molar-refractivity contribution in [3.05, 3.63) is 143 Å². The molecule has 0 saturated carbocycles. The van der Waals surface area contributed by atoms with Crippen LogP contribution in [0.5, 0.6) is 0 Å². The van der Waals surface area contributed by atoms with Crippen molar-refractivity contribution < 1.29 is 4.42 Å². The number of amidine groups is 2. The molecular formula is C33H22ClN3O. The molecule has 38 heavy (non-hydrogen) atoms. The van der Waals surface area contributed by atoms with E-state index in [0.29, 0.717) is 10.9 Å². The molecule has 0 fully saturated rings. The third kappa shape index (κ3) is 4.05. The van der Waals surface area contributed by atoms with Crippen LogP contribution in [-0.4, -0.2) is 11.7 Å². The van der Waals surface area contributed by atoms with Gasteiger partial charge in [0.1, 0.15) is 23.2 Å². The van der Waals surface area contributed by atoms with E-state index in [1.807, 2.05) is 54.6 Å². The van der Waals surface area contributed by atoms with Crippen LogP contribution in [0, 0.1) is 0 Å². The zero-order chi connectivity index (χ0) is 25.5. The molecule has 1 aliphatic rings. The third-order valence-electron chi connectivity index (χ3n) is 6.82. The second-order valence-corrected chi connectivity index (χ2v) is 9.67. The van der Waals surface area contributed by atoms with Gasteiger partial charge >= 0.3 is 0 Å². The lowest BCUT2D eigenvalue weighted by atomic mass is 10.0. The highest BCUT2D eigenvalue weighted by atomic mass is 35.5. The van der Waals surface area contributed by atoms with Crippen LogP contribution in [0.2, 0.25) is 5.02 Å². The highest BCUT2D eigenvalue weighted by molar-refractivity contribution is 6.31. The molecule has 1 atom stereocenters. The van der Waals surface area contributed by atoms with Gasteiger partial charge in [0.2, 0.25) is 0 Å². The average molecular weight is 512 g/mol. The van der Waals surface area contributed by atoms with Gasteiger partial charge in [0.15, 0.2) is 5.84 Å². The summed E-state index contributed by atoms with van der Waals surface area (Å²) in [5.74, 6) is 1.43. The Morgan fingerprint density at radius 2 is 1.37 bits per heavy atom. The Hall–Kier alpha value is -4.67. The van der Waals surface area contributed by atoms with Crippen molar-refractivity contribution in [3.63, 3.8) is 0 Å². The van der Waals surface area contributed by atoms with Crippen LogP contribution in [0.4, 0.5) is 0 Å². The van der Waals surface area contributed by atoms with E-state index in [2.05, 4.69) is 72.0 Å². The van der Waals surface area contributed by atoms with Crippen molar-refractivity contribution >= 4 is 45.2 Å². The quantitative estimate of drug-likeness (QED) is 0.258. The van der Waals surface area contributed by atoms with Crippen LogP contribution in [-0.2, 0) is 0 Å². The van der Waals surface area contributed by atoms with Crippen molar-refractivity contribution in [1.29, 1.82) is 0 Å². The minimum Gasteiger partial charge on any atom is -0.456 e. The fourth-order valence-electron chi connectivity index (χ4n) is 4.96. The number of rotatable bonds is 4. The summed E-state index contributed by atoms with van der Waals surface area (Å²) in [6.07, 6.45) is -0.282. The Morgan fingerprint density at radius 1 is 0.658 bits per heavy atom. The lowest BCUT2D eigenvalue weighted by molar-refractivity contribution is 0.667. The van der Waals surface area contributed by atoms with Crippen LogP contribution >= 0.6 is 11.6 Å². The standard InChI is InChI=1S/C33H22ClN3O/c34-25-18-19-26-29(20-25)38-28-13-7-12-27(30(26)28)33-36-31(23-10-5-2-6-11-23)35-32(37-33)24-16-14-22(15-17-24)21-8-3-1-4-9-21/h1-20,31H,(H,35,36,37). The van der Waals surface area contributed by atoms with Gasteiger partial charge in [-0.15, -0.1) is 0 Å². The molecule has 1 N–H and O–H groups in total. The highest BCUT2D eigenvalue weighted by Crippen LogP contribution is 2.34. The summed E-state index contributed by atoms with van der Waals surface area (Å²) in [6.45, 7) is 0. The van der Waals surface area contributed by atoms with Crippen LogP contribution in [0.3, 0.4) is 0 Å². The maximum atomic E-state index is 6.25. The minimum atomic E-state index is -0.282. The van der Waals surface area contributed by atoms with Gasteiger partial charge < -0.3 is 9.73 Å². The molecular weight excluding hydrogens is 490 g/mol. The first-order valence-corrected chi connectivity index (χ1v) is 12.9. The van der Waals surface area contributed by atoms with E-state index >= 15 is 0 Å². The monoisotopic (exact) mass is 511 g/mol. The van der Waals surface area contributed by atoms with Crippen molar-refractivity contribution in [2.75, 3.05) is 0 Å². The average Bonchev–Trinajstić information content (AvgIpc) is 3.35. The largest absolute Gasteiger partial charge is 0.456 e. The van der Waals surface area contributed by atoms with Crippen molar-refractivity contribution in [1.82, 2.24) is 5.32 Å². The van der Waals surface area contributed by atoms with Crippen molar-refractivity contribution in [3.8, 4) is 11.1 Å². The number of halogens is 1. The molecule has 4 nitrogen and oxygen atoms in total. The number of aliphatic imine (C=N–C) groups is 2. The maximum Gasteiger partial charge on any atom is 0.159 e. The predicted octanol–water partition coefficient (Wildman–Crippen LogP) is 8.40. The Balaban J connectivity index is 1.37. The molecule has 5 aromatic carbocycles. The fraction of sp³-hybridized carbons (Fsp3) is 0.0303. The summed E-state index contributed by atoms with van der Waals surface area (Å²) in [5, 5.41) is 6.21. The van der Waals surface area contributed by atoms with Crippen LogP contribution in [0.25, 0.3) is 33.1 Å². The molecule has 2 heterocycles. The number of furan rings is 1. The van der Waals surface area contributed by atoms with E-state index in [1.54, 1.807) is 0 Å². The van der Waals surface area contributed by atoms with E-state index < -0.39 is 0 Å². The Labute approximate surface area is 224 Å². The highest BCUT2D eigenvalue weighted by Gasteiger charge is 2.23. The lowest BCUT2D eigenvalue weighted by Crippen LogP contribution is -2.33. The topological polar surface area (TPSA) is 49.9 Å². The molecule has 0 bridgehead atoms. The first-order chi connectivity index (χ1) is 18.7. The molecule has 5 heteroatoms. The number of nitrogens with one attached hydrogen (secondary N) is 1. The first kappa shape index (κ1) is 22.5. The van der Waals surface area contributed by atoms with Gasteiger partial charge in [-0.2, -0.15) is 0 Å². The lowest BCUT2D eigenvalue weighted by Gasteiger charge is -2.24. The van der Waals surface area contributed by atoms with E-state index in [0.717, 1.165) is 50.0 Å². The molecule has 0 aliphatic carbocycles. The molecule has 1 aliphatic heterocycles. The van der Waals surface area contributed by atoms with Crippen LogP contribution in [0.1, 0.15) is 22.9 Å². The molecule has 7 rings (SSSR count). The summed E-state index contributed by atoms with van der Waals surface area (Å²) >= 11 is 6.25. The van der Waals surface area contributed by atoms with Gasteiger partial charge in [-0.1, -0.05) is 109 Å². The smallest absolute Gasteiger partial charge is 0.159 e. The number of hydrogen-bond donors (Lipinski definition) is 1. The van der Waals surface area contributed by atoms with Gasteiger partial charge in [-0.3, -0.25) is 0 Å². The molecule has 1 unspecified atom stereocenters. The van der Waals surface area contributed by atoms with Gasteiger partial charge in [-0.05, 0) is 34.9 Å². The van der Waals surface area contributed by atoms with Crippen LogP contribution < -0.4 is 5.32 Å². The molecule has 1 aromatic heterocycles. The van der Waals surface area contributed by atoms with Crippen LogP contribution in [0.15, 0.2) is 136 Å². The molecule has 6 aromatic rings. The Bertz CT molecular complexity index is 1840. The zero-order valence-corrected chi connectivity index (χ0v) is 21.1. The maximum absolute atomic E-state index is 6.25. The third-order valence-corrected chi connectivity index (χ3v) is 7.06. The summed E-state index contributed by atoms with van der Waals surface area (Å²) in [5.41, 5.74) is 6.85. The Morgan fingerprint density at radius 3 is 2.16 bits per heavy atom. The first-order valence-electron chi connectivity index (χ1n) is 12.5. The summed E-state index contributed by atoms with van der Waals surface area (Å²) in [6, 6.07) is 40.8. The minimum absolute atomic E-state index is 0.282. The second kappa shape index (κ2) is 9.33. The van der Waals surface area contributed by atoms with Crippen molar-refractivity contribution in [2.24, 2.45) is 9.98 Å². The summed E-state index contributed by atoms with van der Waals surface area (Å²) < 4.78 is 6.15. The van der Waals surface area contributed by atoms with E-state index in [4.69, 9.17) is 26.0 Å². The predicted molar refractivity (Wildman–Crippen MR) is 156 cm³/mol. The van der Waals surface area contributed by atoms with E-state index in [9.17, 15) is 0 Å². The normalized spacial score (nSPS) is 15.2.